The highest BCUT2D eigenvalue weighted by Crippen LogP contribution is 2.19. The van der Waals surface area contributed by atoms with E-state index in [1.807, 2.05) is 6.07 Å². The van der Waals surface area contributed by atoms with E-state index in [0.29, 0.717) is 35.0 Å². The summed E-state index contributed by atoms with van der Waals surface area (Å²) in [7, 11) is 1.52. The number of carbonyl (C=O) groups is 2. The minimum absolute atomic E-state index is 0.0410. The number of ether oxygens (including phenoxy) is 1. The van der Waals surface area contributed by atoms with Crippen LogP contribution in [-0.2, 0) is 9.53 Å². The van der Waals surface area contributed by atoms with Crippen molar-refractivity contribution in [2.24, 2.45) is 0 Å². The lowest BCUT2D eigenvalue weighted by Gasteiger charge is -2.08. The van der Waals surface area contributed by atoms with Gasteiger partial charge in [0.25, 0.3) is 11.8 Å². The molecule has 0 heterocycles. The Balaban J connectivity index is 2.14. The number of nitriles is 1. The van der Waals surface area contributed by atoms with Crippen LogP contribution in [-0.4, -0.2) is 32.1 Å². The van der Waals surface area contributed by atoms with Gasteiger partial charge in [-0.25, -0.2) is 0 Å². The monoisotopic (exact) mass is 383 g/mol. The van der Waals surface area contributed by atoms with Crippen LogP contribution < -0.4 is 10.6 Å². The largest absolute Gasteiger partial charge is 0.383 e. The van der Waals surface area contributed by atoms with Gasteiger partial charge >= 0.3 is 0 Å². The number of nitrogens with one attached hydrogen (secondary N) is 2. The molecule has 0 spiro atoms. The van der Waals surface area contributed by atoms with Crippen molar-refractivity contribution in [1.82, 2.24) is 5.32 Å². The molecule has 0 atom stereocenters. The minimum Gasteiger partial charge on any atom is -0.383 e. The molecule has 0 radical (unpaired) electrons. The van der Waals surface area contributed by atoms with Crippen LogP contribution >= 0.6 is 11.6 Å². The Kier molecular flexibility index (Phi) is 7.56. The number of nitrogens with zero attached hydrogens (tertiary/aromatic N) is 1. The summed E-state index contributed by atoms with van der Waals surface area (Å²) in [6.45, 7) is 0.663. The maximum absolute atomic E-state index is 12.3. The topological polar surface area (TPSA) is 91.2 Å². The summed E-state index contributed by atoms with van der Waals surface area (Å²) < 4.78 is 4.85. The number of carbonyl (C=O) groups excluding carboxylic acids is 2. The van der Waals surface area contributed by atoms with Crippen molar-refractivity contribution in [3.05, 3.63) is 70.3 Å². The van der Waals surface area contributed by atoms with Crippen LogP contribution in [0, 0.1) is 11.3 Å². The van der Waals surface area contributed by atoms with Gasteiger partial charge in [0.05, 0.1) is 17.2 Å². The lowest BCUT2D eigenvalue weighted by Crippen LogP contribution is -2.27. The van der Waals surface area contributed by atoms with Crippen LogP contribution in [0.25, 0.3) is 6.08 Å². The lowest BCUT2D eigenvalue weighted by molar-refractivity contribution is -0.117. The van der Waals surface area contributed by atoms with Crippen molar-refractivity contribution in [2.75, 3.05) is 25.6 Å². The van der Waals surface area contributed by atoms with Crippen LogP contribution in [0.1, 0.15) is 15.9 Å². The Morgan fingerprint density at radius 2 is 2.00 bits per heavy atom. The van der Waals surface area contributed by atoms with E-state index < -0.39 is 5.91 Å². The van der Waals surface area contributed by atoms with E-state index in [4.69, 9.17) is 16.3 Å². The third-order valence-corrected chi connectivity index (χ3v) is 3.86. The Hall–Kier alpha value is -3.14. The number of hydrogen-bond donors (Lipinski definition) is 2. The van der Waals surface area contributed by atoms with Crippen LogP contribution in [0.15, 0.2) is 54.1 Å². The van der Waals surface area contributed by atoms with Gasteiger partial charge in [0.1, 0.15) is 11.6 Å². The van der Waals surface area contributed by atoms with Crippen LogP contribution in [0.4, 0.5) is 5.69 Å². The molecule has 138 valence electrons. The third kappa shape index (κ3) is 5.96. The van der Waals surface area contributed by atoms with Gasteiger partial charge < -0.3 is 15.4 Å². The summed E-state index contributed by atoms with van der Waals surface area (Å²) >= 11 is 6.03. The molecule has 0 unspecified atom stereocenters. The average molecular weight is 384 g/mol. The highest BCUT2D eigenvalue weighted by molar-refractivity contribution is 6.34. The first-order valence-corrected chi connectivity index (χ1v) is 8.48. The predicted octanol–water partition coefficient (Wildman–Crippen LogP) is 3.26. The summed E-state index contributed by atoms with van der Waals surface area (Å²) in [5, 5.41) is 14.9. The van der Waals surface area contributed by atoms with Gasteiger partial charge in [-0.2, -0.15) is 5.26 Å². The zero-order chi connectivity index (χ0) is 19.6. The zero-order valence-electron chi connectivity index (χ0n) is 14.7. The molecule has 0 fully saturated rings. The quantitative estimate of drug-likeness (QED) is 0.436. The van der Waals surface area contributed by atoms with Gasteiger partial charge in [0.15, 0.2) is 0 Å². The number of rotatable bonds is 7. The molecule has 0 aliphatic rings. The van der Waals surface area contributed by atoms with Crippen molar-refractivity contribution < 1.29 is 14.3 Å². The SMILES string of the molecule is COCCNC(=O)/C(C#N)=C/c1cccc(NC(=O)c2ccccc2Cl)c1. The normalized spacial score (nSPS) is 10.8. The van der Waals surface area contributed by atoms with Gasteiger partial charge in [0.2, 0.25) is 0 Å². The lowest BCUT2D eigenvalue weighted by atomic mass is 10.1. The summed E-state index contributed by atoms with van der Waals surface area (Å²) in [4.78, 5) is 24.3. The fraction of sp³-hybridized carbons (Fsp3) is 0.150. The molecule has 2 aromatic carbocycles. The zero-order valence-corrected chi connectivity index (χ0v) is 15.4. The number of methoxy groups -OCH3 is 1. The maximum Gasteiger partial charge on any atom is 0.262 e. The van der Waals surface area contributed by atoms with Crippen LogP contribution in [0.2, 0.25) is 5.02 Å². The fourth-order valence-corrected chi connectivity index (χ4v) is 2.45. The maximum atomic E-state index is 12.3. The molecule has 2 rings (SSSR count). The molecule has 0 aromatic heterocycles. The second-order valence-corrected chi connectivity index (χ2v) is 5.89. The highest BCUT2D eigenvalue weighted by atomic mass is 35.5. The van der Waals surface area contributed by atoms with Gasteiger partial charge in [-0.05, 0) is 35.9 Å². The summed E-state index contributed by atoms with van der Waals surface area (Å²) in [5.74, 6) is -0.834. The van der Waals surface area contributed by atoms with Crippen molar-refractivity contribution in [3.8, 4) is 6.07 Å². The predicted molar refractivity (Wildman–Crippen MR) is 104 cm³/mol. The highest BCUT2D eigenvalue weighted by Gasteiger charge is 2.11. The van der Waals surface area contributed by atoms with E-state index in [0.717, 1.165) is 0 Å². The molecule has 0 aliphatic heterocycles. The van der Waals surface area contributed by atoms with Crippen LogP contribution in [0.5, 0.6) is 0 Å². The molecule has 2 amide bonds. The van der Waals surface area contributed by atoms with E-state index in [2.05, 4.69) is 10.6 Å². The molecule has 2 aromatic rings. The number of anilines is 1. The summed E-state index contributed by atoms with van der Waals surface area (Å²) in [5.41, 5.74) is 1.44. The molecule has 27 heavy (non-hydrogen) atoms. The Bertz CT molecular complexity index is 903. The van der Waals surface area contributed by atoms with Gasteiger partial charge in [-0.1, -0.05) is 35.9 Å². The minimum atomic E-state index is -0.486. The molecule has 7 heteroatoms. The number of halogens is 1. The second-order valence-electron chi connectivity index (χ2n) is 5.48. The number of hydrogen-bond acceptors (Lipinski definition) is 4. The first-order chi connectivity index (χ1) is 13.0. The van der Waals surface area contributed by atoms with E-state index in [1.54, 1.807) is 48.5 Å². The standard InChI is InChI=1S/C20H18ClN3O3/c1-27-10-9-23-19(25)15(13-22)11-14-5-4-6-16(12-14)24-20(26)17-7-2-3-8-18(17)21/h2-8,11-12H,9-10H2,1H3,(H,23,25)(H,24,26)/b15-11+. The van der Waals surface area contributed by atoms with Gasteiger partial charge in [-0.15, -0.1) is 0 Å². The Morgan fingerprint density at radius 3 is 2.70 bits per heavy atom. The van der Waals surface area contributed by atoms with Crippen molar-refractivity contribution in [2.45, 2.75) is 0 Å². The first kappa shape index (κ1) is 20.2. The molecule has 6 nitrogen and oxygen atoms in total. The molecule has 0 bridgehead atoms. The van der Waals surface area contributed by atoms with Crippen molar-refractivity contribution >= 4 is 35.2 Å². The van der Waals surface area contributed by atoms with E-state index in [1.165, 1.54) is 13.2 Å². The van der Waals surface area contributed by atoms with E-state index in [-0.39, 0.29) is 11.5 Å². The molecule has 0 aliphatic carbocycles. The fourth-order valence-electron chi connectivity index (χ4n) is 2.23. The average Bonchev–Trinajstić information content (AvgIpc) is 2.66. The van der Waals surface area contributed by atoms with E-state index in [9.17, 15) is 14.9 Å². The van der Waals surface area contributed by atoms with E-state index >= 15 is 0 Å². The van der Waals surface area contributed by atoms with Crippen molar-refractivity contribution in [3.63, 3.8) is 0 Å². The Labute approximate surface area is 162 Å². The second kappa shape index (κ2) is 10.1. The molecular formula is C20H18ClN3O3. The first-order valence-electron chi connectivity index (χ1n) is 8.10. The smallest absolute Gasteiger partial charge is 0.262 e. The van der Waals surface area contributed by atoms with Gasteiger partial charge in [-0.3, -0.25) is 9.59 Å². The molecule has 2 N–H and O–H groups in total. The third-order valence-electron chi connectivity index (χ3n) is 3.53. The van der Waals surface area contributed by atoms with Crippen molar-refractivity contribution in [1.29, 1.82) is 5.26 Å². The number of benzene rings is 2. The molecule has 0 saturated carbocycles. The Morgan fingerprint density at radius 1 is 1.22 bits per heavy atom. The molecule has 0 saturated heterocycles. The summed E-state index contributed by atoms with van der Waals surface area (Å²) in [6, 6.07) is 15.4. The number of amides is 2. The van der Waals surface area contributed by atoms with Crippen LogP contribution in [0.3, 0.4) is 0 Å². The summed E-state index contributed by atoms with van der Waals surface area (Å²) in [6.07, 6.45) is 1.45. The van der Waals surface area contributed by atoms with Gasteiger partial charge in [0, 0.05) is 19.3 Å². The molecular weight excluding hydrogens is 366 g/mol.